The van der Waals surface area contributed by atoms with Gasteiger partial charge < -0.3 is 29.6 Å². The number of hydrogen-bond acceptors (Lipinski definition) is 7. The number of esters is 2. The minimum Gasteiger partial charge on any atom is -0.497 e. The molecule has 0 spiro atoms. The van der Waals surface area contributed by atoms with E-state index in [0.717, 1.165) is 0 Å². The van der Waals surface area contributed by atoms with Crippen molar-refractivity contribution in [3.63, 3.8) is 0 Å². The van der Waals surface area contributed by atoms with Crippen LogP contribution in [0.15, 0.2) is 29.5 Å². The summed E-state index contributed by atoms with van der Waals surface area (Å²) >= 11 is 0. The van der Waals surface area contributed by atoms with Crippen molar-refractivity contribution < 1.29 is 33.3 Å². The van der Waals surface area contributed by atoms with E-state index in [1.165, 1.54) is 26.4 Å². The van der Waals surface area contributed by atoms with E-state index in [4.69, 9.17) is 18.9 Å². The predicted molar refractivity (Wildman–Crippen MR) is 94.6 cm³/mol. The summed E-state index contributed by atoms with van der Waals surface area (Å²) in [5.74, 6) is -0.400. The zero-order valence-corrected chi connectivity index (χ0v) is 15.6. The smallest absolute Gasteiger partial charge is 0.338 e. The number of ether oxygens (including phenoxy) is 4. The summed E-state index contributed by atoms with van der Waals surface area (Å²) < 4.78 is 20.5. The van der Waals surface area contributed by atoms with Crippen LogP contribution in [0.25, 0.3) is 0 Å². The molecule has 0 aliphatic carbocycles. The second kappa shape index (κ2) is 8.93. The zero-order valence-electron chi connectivity index (χ0n) is 15.6. The van der Waals surface area contributed by atoms with Gasteiger partial charge in [0, 0.05) is 6.07 Å². The van der Waals surface area contributed by atoms with E-state index in [1.54, 1.807) is 19.9 Å². The Balaban J connectivity index is 2.21. The fourth-order valence-corrected chi connectivity index (χ4v) is 2.54. The van der Waals surface area contributed by atoms with Crippen LogP contribution in [0.2, 0.25) is 0 Å². The van der Waals surface area contributed by atoms with Crippen molar-refractivity contribution >= 4 is 18.0 Å². The molecule has 2 amide bonds. The van der Waals surface area contributed by atoms with Crippen LogP contribution in [0.3, 0.4) is 0 Å². The van der Waals surface area contributed by atoms with Gasteiger partial charge in [-0.2, -0.15) is 0 Å². The van der Waals surface area contributed by atoms with Gasteiger partial charge in [-0.15, -0.1) is 0 Å². The molecule has 1 unspecified atom stereocenters. The molecule has 0 saturated carbocycles. The third kappa shape index (κ3) is 4.90. The van der Waals surface area contributed by atoms with Gasteiger partial charge in [0.1, 0.15) is 18.1 Å². The first kappa shape index (κ1) is 20.1. The Bertz CT molecular complexity index is 751. The van der Waals surface area contributed by atoms with Crippen LogP contribution < -0.4 is 20.1 Å². The van der Waals surface area contributed by atoms with Gasteiger partial charge in [0.15, 0.2) is 0 Å². The molecule has 0 aromatic heterocycles. The summed E-state index contributed by atoms with van der Waals surface area (Å²) in [6, 6.07) is 3.53. The minimum absolute atomic E-state index is 0.174. The Morgan fingerprint density at radius 1 is 1.04 bits per heavy atom. The number of rotatable bonds is 7. The highest BCUT2D eigenvalue weighted by Crippen LogP contribution is 2.23. The molecule has 0 saturated heterocycles. The van der Waals surface area contributed by atoms with Crippen LogP contribution in [0.5, 0.6) is 11.5 Å². The summed E-state index contributed by atoms with van der Waals surface area (Å²) in [5, 5.41) is 5.06. The highest BCUT2D eigenvalue weighted by Gasteiger charge is 2.30. The number of urea groups is 1. The van der Waals surface area contributed by atoms with Crippen molar-refractivity contribution in [2.24, 2.45) is 0 Å². The van der Waals surface area contributed by atoms with Crippen molar-refractivity contribution in [2.75, 3.05) is 27.4 Å². The molecule has 2 N–H and O–H groups in total. The van der Waals surface area contributed by atoms with Gasteiger partial charge >= 0.3 is 18.0 Å². The molecule has 9 heteroatoms. The van der Waals surface area contributed by atoms with Gasteiger partial charge in [-0.05, 0) is 26.0 Å². The van der Waals surface area contributed by atoms with Crippen molar-refractivity contribution in [1.82, 2.24) is 10.6 Å². The molecule has 27 heavy (non-hydrogen) atoms. The third-order valence-corrected chi connectivity index (χ3v) is 3.80. The lowest BCUT2D eigenvalue weighted by Crippen LogP contribution is -2.50. The molecule has 1 aliphatic heterocycles. The van der Waals surface area contributed by atoms with E-state index in [9.17, 15) is 14.4 Å². The third-order valence-electron chi connectivity index (χ3n) is 3.80. The first-order valence-electron chi connectivity index (χ1n) is 8.27. The molecule has 0 radical (unpaired) electrons. The van der Waals surface area contributed by atoms with Crippen LogP contribution >= 0.6 is 0 Å². The van der Waals surface area contributed by atoms with Gasteiger partial charge in [0.25, 0.3) is 0 Å². The van der Waals surface area contributed by atoms with E-state index in [2.05, 4.69) is 10.6 Å². The largest absolute Gasteiger partial charge is 0.497 e. The van der Waals surface area contributed by atoms with E-state index < -0.39 is 24.0 Å². The monoisotopic (exact) mass is 378 g/mol. The highest BCUT2D eigenvalue weighted by molar-refractivity contribution is 5.95. The molecular formula is C18H22N2O7. The highest BCUT2D eigenvalue weighted by atomic mass is 16.5. The lowest BCUT2D eigenvalue weighted by molar-refractivity contribution is -0.139. The summed E-state index contributed by atoms with van der Waals surface area (Å²) in [4.78, 5) is 36.3. The number of methoxy groups -OCH3 is 2. The van der Waals surface area contributed by atoms with Crippen molar-refractivity contribution in [3.8, 4) is 11.5 Å². The van der Waals surface area contributed by atoms with Crippen LogP contribution in [-0.2, 0) is 14.3 Å². The number of carbonyl (C=O) groups excluding carboxylic acids is 3. The molecule has 146 valence electrons. The topological polar surface area (TPSA) is 112 Å². The number of amides is 2. The fourth-order valence-electron chi connectivity index (χ4n) is 2.54. The number of nitrogens with one attached hydrogen (secondary N) is 2. The first-order valence-corrected chi connectivity index (χ1v) is 8.27. The average molecular weight is 378 g/mol. The minimum atomic E-state index is -0.664. The maximum atomic E-state index is 12.4. The number of benzene rings is 1. The molecule has 9 nitrogen and oxygen atoms in total. The predicted octanol–water partition coefficient (Wildman–Crippen LogP) is 1.38. The molecule has 1 aromatic carbocycles. The van der Waals surface area contributed by atoms with Crippen LogP contribution in [-0.4, -0.2) is 51.4 Å². The number of carbonyl (C=O) groups is 3. The molecule has 1 heterocycles. The zero-order chi connectivity index (χ0) is 20.0. The Kier molecular flexibility index (Phi) is 6.64. The SMILES string of the molecule is CCOC(=O)C1=C(COC(=O)c2cc(OC)cc(OC)c2)NC(=O)NC1C. The lowest BCUT2D eigenvalue weighted by Gasteiger charge is -2.26. The molecule has 0 bridgehead atoms. The maximum Gasteiger partial charge on any atom is 0.338 e. The lowest BCUT2D eigenvalue weighted by atomic mass is 10.0. The van der Waals surface area contributed by atoms with Crippen molar-refractivity contribution in [3.05, 3.63) is 35.0 Å². The van der Waals surface area contributed by atoms with Gasteiger partial charge in [-0.3, -0.25) is 0 Å². The van der Waals surface area contributed by atoms with Crippen LogP contribution in [0.4, 0.5) is 4.79 Å². The standard InChI is InChI=1S/C18H22N2O7/c1-5-26-17(22)15-10(2)19-18(23)20-14(15)9-27-16(21)11-6-12(24-3)8-13(7-11)25-4/h6-8,10H,5,9H2,1-4H3,(H2,19,20,23). The van der Waals surface area contributed by atoms with Crippen molar-refractivity contribution in [1.29, 1.82) is 0 Å². The van der Waals surface area contributed by atoms with Gasteiger partial charge in [0.2, 0.25) is 0 Å². The van der Waals surface area contributed by atoms with E-state index in [-0.39, 0.29) is 30.0 Å². The molecule has 2 rings (SSSR count). The summed E-state index contributed by atoms with van der Waals surface area (Å²) in [6.45, 7) is 3.19. The van der Waals surface area contributed by atoms with Crippen LogP contribution in [0, 0.1) is 0 Å². The Labute approximate surface area is 156 Å². The summed E-state index contributed by atoms with van der Waals surface area (Å²) in [6.07, 6.45) is 0. The Morgan fingerprint density at radius 2 is 1.67 bits per heavy atom. The Hall–Kier alpha value is -3.23. The molecule has 1 aliphatic rings. The molecule has 1 aromatic rings. The van der Waals surface area contributed by atoms with E-state index >= 15 is 0 Å². The van der Waals surface area contributed by atoms with E-state index in [1.807, 2.05) is 0 Å². The van der Waals surface area contributed by atoms with Crippen LogP contribution in [0.1, 0.15) is 24.2 Å². The second-order valence-corrected chi connectivity index (χ2v) is 5.61. The fraction of sp³-hybridized carbons (Fsp3) is 0.389. The van der Waals surface area contributed by atoms with Crippen molar-refractivity contribution in [2.45, 2.75) is 19.9 Å². The molecule has 1 atom stereocenters. The molecular weight excluding hydrogens is 356 g/mol. The van der Waals surface area contributed by atoms with Gasteiger partial charge in [-0.25, -0.2) is 14.4 Å². The second-order valence-electron chi connectivity index (χ2n) is 5.61. The maximum absolute atomic E-state index is 12.4. The first-order chi connectivity index (χ1) is 12.9. The van der Waals surface area contributed by atoms with Gasteiger partial charge in [-0.1, -0.05) is 0 Å². The average Bonchev–Trinajstić information content (AvgIpc) is 2.65. The normalized spacial score (nSPS) is 16.1. The van der Waals surface area contributed by atoms with Gasteiger partial charge in [0.05, 0.1) is 43.7 Å². The quantitative estimate of drug-likeness (QED) is 0.689. The summed E-state index contributed by atoms with van der Waals surface area (Å²) in [5.41, 5.74) is 0.582. The van der Waals surface area contributed by atoms with E-state index in [0.29, 0.717) is 11.5 Å². The Morgan fingerprint density at radius 3 is 2.22 bits per heavy atom. The number of hydrogen-bond donors (Lipinski definition) is 2. The molecule has 0 fully saturated rings. The summed E-state index contributed by atoms with van der Waals surface area (Å²) in [7, 11) is 2.93.